The number of benzene rings is 1. The molecule has 0 saturated heterocycles. The molecule has 0 radical (unpaired) electrons. The van der Waals surface area contributed by atoms with Crippen molar-refractivity contribution in [2.24, 2.45) is 11.1 Å². The van der Waals surface area contributed by atoms with Gasteiger partial charge in [0.15, 0.2) is 0 Å². The summed E-state index contributed by atoms with van der Waals surface area (Å²) in [6.07, 6.45) is 2.08. The molecule has 0 fully saturated rings. The van der Waals surface area contributed by atoms with E-state index in [0.717, 1.165) is 0 Å². The van der Waals surface area contributed by atoms with Crippen LogP contribution in [-0.4, -0.2) is 6.26 Å². The van der Waals surface area contributed by atoms with Crippen LogP contribution in [0, 0.1) is 5.41 Å². The first kappa shape index (κ1) is 11.6. The fraction of sp³-hybridized carbons (Fsp3) is 0.500. The van der Waals surface area contributed by atoms with Crippen LogP contribution < -0.4 is 5.73 Å². The third-order valence-electron chi connectivity index (χ3n) is 2.41. The Morgan fingerprint density at radius 1 is 1.14 bits per heavy atom. The summed E-state index contributed by atoms with van der Waals surface area (Å²) in [4.78, 5) is 1.29. The van der Waals surface area contributed by atoms with Gasteiger partial charge < -0.3 is 5.73 Å². The first-order valence-electron chi connectivity index (χ1n) is 4.84. The van der Waals surface area contributed by atoms with Gasteiger partial charge in [-0.05, 0) is 29.4 Å². The van der Waals surface area contributed by atoms with E-state index in [1.165, 1.54) is 10.5 Å². The first-order valence-corrected chi connectivity index (χ1v) is 6.07. The Morgan fingerprint density at radius 2 is 1.64 bits per heavy atom. The second-order valence-corrected chi connectivity index (χ2v) is 5.50. The Hall–Kier alpha value is -0.470. The highest BCUT2D eigenvalue weighted by Gasteiger charge is 2.21. The molecule has 1 unspecified atom stereocenters. The number of hydrogen-bond donors (Lipinski definition) is 1. The standard InChI is InChI=1S/C12H19NS/c1-12(2,3)11(13)9-5-7-10(14-4)8-6-9/h5-8,11H,13H2,1-4H3. The zero-order valence-electron chi connectivity index (χ0n) is 9.37. The molecular weight excluding hydrogens is 190 g/mol. The molecule has 1 rings (SSSR count). The van der Waals surface area contributed by atoms with Crippen LogP contribution in [0.2, 0.25) is 0 Å². The summed E-state index contributed by atoms with van der Waals surface area (Å²) < 4.78 is 0. The topological polar surface area (TPSA) is 26.0 Å². The molecule has 0 spiro atoms. The predicted molar refractivity (Wildman–Crippen MR) is 64.6 cm³/mol. The van der Waals surface area contributed by atoms with Crippen LogP contribution in [0.1, 0.15) is 32.4 Å². The quantitative estimate of drug-likeness (QED) is 0.755. The molecule has 1 aromatic rings. The van der Waals surface area contributed by atoms with Gasteiger partial charge in [0, 0.05) is 10.9 Å². The molecular formula is C12H19NS. The largest absolute Gasteiger partial charge is 0.324 e. The van der Waals surface area contributed by atoms with E-state index < -0.39 is 0 Å². The van der Waals surface area contributed by atoms with Gasteiger partial charge >= 0.3 is 0 Å². The summed E-state index contributed by atoms with van der Waals surface area (Å²) in [6.45, 7) is 6.50. The Labute approximate surface area is 91.1 Å². The number of nitrogens with two attached hydrogens (primary N) is 1. The maximum atomic E-state index is 6.16. The van der Waals surface area contributed by atoms with Gasteiger partial charge in [0.05, 0.1) is 0 Å². The van der Waals surface area contributed by atoms with Crippen molar-refractivity contribution >= 4 is 11.8 Å². The Kier molecular flexibility index (Phi) is 3.62. The second kappa shape index (κ2) is 4.37. The molecule has 0 aromatic heterocycles. The van der Waals surface area contributed by atoms with E-state index in [-0.39, 0.29) is 11.5 Å². The lowest BCUT2D eigenvalue weighted by Crippen LogP contribution is -2.26. The molecule has 0 bridgehead atoms. The van der Waals surface area contributed by atoms with E-state index in [4.69, 9.17) is 5.73 Å². The molecule has 1 aromatic carbocycles. The Bertz CT molecular complexity index is 284. The van der Waals surface area contributed by atoms with E-state index in [9.17, 15) is 0 Å². The van der Waals surface area contributed by atoms with Crippen LogP contribution in [0.15, 0.2) is 29.2 Å². The lowest BCUT2D eigenvalue weighted by atomic mass is 9.83. The number of rotatable bonds is 2. The van der Waals surface area contributed by atoms with Gasteiger partial charge in [0.25, 0.3) is 0 Å². The van der Waals surface area contributed by atoms with Crippen molar-refractivity contribution in [3.63, 3.8) is 0 Å². The Morgan fingerprint density at radius 3 is 2.00 bits per heavy atom. The number of thioether (sulfide) groups is 1. The van der Waals surface area contributed by atoms with Gasteiger partial charge in [0.1, 0.15) is 0 Å². The van der Waals surface area contributed by atoms with Crippen LogP contribution in [-0.2, 0) is 0 Å². The van der Waals surface area contributed by atoms with Crippen molar-refractivity contribution in [1.82, 2.24) is 0 Å². The van der Waals surface area contributed by atoms with Gasteiger partial charge in [-0.25, -0.2) is 0 Å². The zero-order chi connectivity index (χ0) is 10.8. The van der Waals surface area contributed by atoms with E-state index in [0.29, 0.717) is 0 Å². The van der Waals surface area contributed by atoms with Crippen LogP contribution in [0.25, 0.3) is 0 Å². The SMILES string of the molecule is CSc1ccc(C(N)C(C)(C)C)cc1. The van der Waals surface area contributed by atoms with Gasteiger partial charge in [0.2, 0.25) is 0 Å². The minimum atomic E-state index is 0.110. The molecule has 0 heterocycles. The molecule has 2 heteroatoms. The average Bonchev–Trinajstić information content (AvgIpc) is 2.15. The second-order valence-electron chi connectivity index (χ2n) is 4.62. The van der Waals surface area contributed by atoms with Gasteiger partial charge in [-0.3, -0.25) is 0 Å². The molecule has 0 aliphatic rings. The Balaban J connectivity index is 2.87. The minimum Gasteiger partial charge on any atom is -0.324 e. The van der Waals surface area contributed by atoms with Gasteiger partial charge in [-0.15, -0.1) is 11.8 Å². The summed E-state index contributed by atoms with van der Waals surface area (Å²) in [7, 11) is 0. The van der Waals surface area contributed by atoms with Gasteiger partial charge in [-0.2, -0.15) is 0 Å². The fourth-order valence-corrected chi connectivity index (χ4v) is 1.72. The fourth-order valence-electron chi connectivity index (χ4n) is 1.31. The molecule has 78 valence electrons. The number of hydrogen-bond acceptors (Lipinski definition) is 2. The molecule has 1 atom stereocenters. The monoisotopic (exact) mass is 209 g/mol. The van der Waals surface area contributed by atoms with Crippen LogP contribution >= 0.6 is 11.8 Å². The third-order valence-corrected chi connectivity index (χ3v) is 3.15. The third kappa shape index (κ3) is 2.76. The summed E-state index contributed by atoms with van der Waals surface area (Å²) >= 11 is 1.76. The smallest absolute Gasteiger partial charge is 0.0344 e. The van der Waals surface area contributed by atoms with E-state index >= 15 is 0 Å². The first-order chi connectivity index (χ1) is 6.45. The van der Waals surface area contributed by atoms with Crippen molar-refractivity contribution in [3.8, 4) is 0 Å². The lowest BCUT2D eigenvalue weighted by Gasteiger charge is -2.27. The van der Waals surface area contributed by atoms with E-state index in [1.807, 2.05) is 0 Å². The van der Waals surface area contributed by atoms with Crippen molar-refractivity contribution < 1.29 is 0 Å². The maximum absolute atomic E-state index is 6.16. The minimum absolute atomic E-state index is 0.110. The highest BCUT2D eigenvalue weighted by molar-refractivity contribution is 7.98. The van der Waals surface area contributed by atoms with Gasteiger partial charge in [-0.1, -0.05) is 32.9 Å². The summed E-state index contributed by atoms with van der Waals surface area (Å²) in [5, 5.41) is 0. The summed E-state index contributed by atoms with van der Waals surface area (Å²) in [6, 6.07) is 8.62. The molecule has 0 aliphatic heterocycles. The molecule has 0 saturated carbocycles. The zero-order valence-corrected chi connectivity index (χ0v) is 10.2. The van der Waals surface area contributed by atoms with Crippen molar-refractivity contribution in [1.29, 1.82) is 0 Å². The van der Waals surface area contributed by atoms with Crippen LogP contribution in [0.3, 0.4) is 0 Å². The van der Waals surface area contributed by atoms with Crippen molar-refractivity contribution in [3.05, 3.63) is 29.8 Å². The highest BCUT2D eigenvalue weighted by Crippen LogP contribution is 2.30. The normalized spacial score (nSPS) is 14.1. The summed E-state index contributed by atoms with van der Waals surface area (Å²) in [5.41, 5.74) is 7.50. The van der Waals surface area contributed by atoms with E-state index in [2.05, 4.69) is 51.3 Å². The highest BCUT2D eigenvalue weighted by atomic mass is 32.2. The molecule has 2 N–H and O–H groups in total. The average molecular weight is 209 g/mol. The molecule has 0 amide bonds. The van der Waals surface area contributed by atoms with E-state index in [1.54, 1.807) is 11.8 Å². The molecule has 0 aliphatic carbocycles. The van der Waals surface area contributed by atoms with Crippen LogP contribution in [0.4, 0.5) is 0 Å². The maximum Gasteiger partial charge on any atom is 0.0344 e. The van der Waals surface area contributed by atoms with Crippen molar-refractivity contribution in [2.75, 3.05) is 6.26 Å². The summed E-state index contributed by atoms with van der Waals surface area (Å²) in [5.74, 6) is 0. The predicted octanol–water partition coefficient (Wildman–Crippen LogP) is 3.45. The van der Waals surface area contributed by atoms with Crippen LogP contribution in [0.5, 0.6) is 0 Å². The lowest BCUT2D eigenvalue weighted by molar-refractivity contribution is 0.327. The molecule has 14 heavy (non-hydrogen) atoms. The molecule has 1 nitrogen and oxygen atoms in total. The van der Waals surface area contributed by atoms with Crippen molar-refractivity contribution in [2.45, 2.75) is 31.7 Å².